The Morgan fingerprint density at radius 3 is 2.08 bits per heavy atom. The molecular weight excluding hydrogens is 155 g/mol. The van der Waals surface area contributed by atoms with Crippen LogP contribution in [0.15, 0.2) is 24.3 Å². The lowest BCUT2D eigenvalue weighted by Gasteiger charge is -1.95. The van der Waals surface area contributed by atoms with Gasteiger partial charge in [-0.1, -0.05) is 25.5 Å². The minimum Gasteiger partial charge on any atom is -0.400 e. The number of hydrogen-bond donors (Lipinski definition) is 1. The van der Waals surface area contributed by atoms with Crippen molar-refractivity contribution in [2.45, 2.75) is 19.8 Å². The van der Waals surface area contributed by atoms with Gasteiger partial charge in [-0.15, -0.1) is 0 Å². The van der Waals surface area contributed by atoms with E-state index in [1.165, 1.54) is 17.7 Å². The summed E-state index contributed by atoms with van der Waals surface area (Å²) >= 11 is 0. The van der Waals surface area contributed by atoms with Gasteiger partial charge < -0.3 is 5.11 Å². The largest absolute Gasteiger partial charge is 0.400 e. The maximum atomic E-state index is 12.3. The minimum absolute atomic E-state index is 0.153. The van der Waals surface area contributed by atoms with Gasteiger partial charge in [0.05, 0.1) is 0 Å². The molecule has 12 heavy (non-hydrogen) atoms. The third-order valence-corrected chi connectivity index (χ3v) is 1.45. The standard InChI is InChI=1S/C9H11F.CH4O/c1-2-3-8-4-6-9(10)7-5-8;1-2/h4-7H,2-3H2,1H3;2H,1H3. The Morgan fingerprint density at radius 2 is 1.67 bits per heavy atom. The first-order valence-corrected chi connectivity index (χ1v) is 4.02. The lowest BCUT2D eigenvalue weighted by atomic mass is 10.1. The highest BCUT2D eigenvalue weighted by Crippen LogP contribution is 2.04. The second-order valence-electron chi connectivity index (χ2n) is 2.38. The molecule has 68 valence electrons. The van der Waals surface area contributed by atoms with Gasteiger partial charge in [-0.25, -0.2) is 4.39 Å². The molecule has 2 heteroatoms. The molecule has 0 aliphatic heterocycles. The summed E-state index contributed by atoms with van der Waals surface area (Å²) in [6.07, 6.45) is 2.16. The fraction of sp³-hybridized carbons (Fsp3) is 0.400. The van der Waals surface area contributed by atoms with Crippen LogP contribution in [0.4, 0.5) is 4.39 Å². The number of hydrogen-bond acceptors (Lipinski definition) is 1. The summed E-state index contributed by atoms with van der Waals surface area (Å²) < 4.78 is 12.3. The van der Waals surface area contributed by atoms with Gasteiger partial charge >= 0.3 is 0 Å². The third-order valence-electron chi connectivity index (χ3n) is 1.45. The smallest absolute Gasteiger partial charge is 0.123 e. The van der Waals surface area contributed by atoms with Crippen molar-refractivity contribution < 1.29 is 9.50 Å². The molecule has 0 saturated heterocycles. The molecule has 0 atom stereocenters. The van der Waals surface area contributed by atoms with Crippen molar-refractivity contribution in [1.82, 2.24) is 0 Å². The Bertz CT molecular complexity index is 193. The summed E-state index contributed by atoms with van der Waals surface area (Å²) in [5, 5.41) is 7.00. The predicted octanol–water partition coefficient (Wildman–Crippen LogP) is 2.39. The van der Waals surface area contributed by atoms with Crippen molar-refractivity contribution in [2.24, 2.45) is 0 Å². The molecule has 0 aromatic heterocycles. The van der Waals surface area contributed by atoms with E-state index in [1.807, 2.05) is 12.1 Å². The molecule has 0 amide bonds. The molecule has 0 aliphatic rings. The fourth-order valence-electron chi connectivity index (χ4n) is 0.940. The summed E-state index contributed by atoms with van der Waals surface area (Å²) in [7, 11) is 1.00. The van der Waals surface area contributed by atoms with E-state index in [0.717, 1.165) is 20.0 Å². The molecule has 1 aromatic carbocycles. The average Bonchev–Trinajstić information content (AvgIpc) is 2.13. The molecular formula is C10H15FO. The van der Waals surface area contributed by atoms with Crippen LogP contribution in [0.1, 0.15) is 18.9 Å². The molecule has 0 saturated carbocycles. The lowest BCUT2D eigenvalue weighted by Crippen LogP contribution is -1.81. The number of aliphatic hydroxyl groups excluding tert-OH is 1. The summed E-state index contributed by atoms with van der Waals surface area (Å²) in [6, 6.07) is 6.67. The fourth-order valence-corrected chi connectivity index (χ4v) is 0.940. The zero-order valence-electron chi connectivity index (χ0n) is 7.55. The quantitative estimate of drug-likeness (QED) is 0.722. The van der Waals surface area contributed by atoms with Crippen molar-refractivity contribution >= 4 is 0 Å². The zero-order chi connectivity index (χ0) is 9.40. The van der Waals surface area contributed by atoms with Crippen molar-refractivity contribution in [1.29, 1.82) is 0 Å². The molecule has 0 radical (unpaired) electrons. The van der Waals surface area contributed by atoms with E-state index in [9.17, 15) is 4.39 Å². The maximum absolute atomic E-state index is 12.3. The van der Waals surface area contributed by atoms with Crippen LogP contribution >= 0.6 is 0 Å². The average molecular weight is 170 g/mol. The van der Waals surface area contributed by atoms with Crippen molar-refractivity contribution in [3.05, 3.63) is 35.6 Å². The first kappa shape index (κ1) is 11.1. The Labute approximate surface area is 72.9 Å². The number of halogens is 1. The van der Waals surface area contributed by atoms with Crippen LogP contribution in [-0.2, 0) is 6.42 Å². The summed E-state index contributed by atoms with van der Waals surface area (Å²) in [6.45, 7) is 2.11. The summed E-state index contributed by atoms with van der Waals surface area (Å²) in [4.78, 5) is 0. The normalized spacial score (nSPS) is 8.67. The molecule has 1 N–H and O–H groups in total. The molecule has 0 bridgehead atoms. The van der Waals surface area contributed by atoms with E-state index in [2.05, 4.69) is 6.92 Å². The van der Waals surface area contributed by atoms with Crippen LogP contribution in [-0.4, -0.2) is 12.2 Å². The summed E-state index contributed by atoms with van der Waals surface area (Å²) in [5.74, 6) is -0.153. The predicted molar refractivity (Wildman–Crippen MR) is 48.5 cm³/mol. The molecule has 0 heterocycles. The van der Waals surface area contributed by atoms with E-state index in [4.69, 9.17) is 5.11 Å². The second-order valence-corrected chi connectivity index (χ2v) is 2.38. The lowest BCUT2D eigenvalue weighted by molar-refractivity contribution is 0.399. The number of rotatable bonds is 2. The summed E-state index contributed by atoms with van der Waals surface area (Å²) in [5.41, 5.74) is 1.21. The van der Waals surface area contributed by atoms with Gasteiger partial charge in [0, 0.05) is 7.11 Å². The van der Waals surface area contributed by atoms with Gasteiger partial charge in [-0.2, -0.15) is 0 Å². The first-order valence-electron chi connectivity index (χ1n) is 4.02. The highest BCUT2D eigenvalue weighted by molar-refractivity contribution is 5.15. The SMILES string of the molecule is CCCc1ccc(F)cc1.CO. The van der Waals surface area contributed by atoms with Gasteiger partial charge in [0.2, 0.25) is 0 Å². The molecule has 0 aliphatic carbocycles. The Hall–Kier alpha value is -0.890. The highest BCUT2D eigenvalue weighted by Gasteiger charge is 1.90. The molecule has 0 spiro atoms. The zero-order valence-corrected chi connectivity index (χ0v) is 7.55. The third kappa shape index (κ3) is 4.09. The van der Waals surface area contributed by atoms with Crippen molar-refractivity contribution in [2.75, 3.05) is 7.11 Å². The Morgan fingerprint density at radius 1 is 1.17 bits per heavy atom. The van der Waals surface area contributed by atoms with E-state index < -0.39 is 0 Å². The van der Waals surface area contributed by atoms with Crippen molar-refractivity contribution in [3.63, 3.8) is 0 Å². The van der Waals surface area contributed by atoms with Crippen LogP contribution in [0, 0.1) is 5.82 Å². The molecule has 1 rings (SSSR count). The van der Waals surface area contributed by atoms with E-state index in [1.54, 1.807) is 0 Å². The van der Waals surface area contributed by atoms with Gasteiger partial charge in [0.15, 0.2) is 0 Å². The number of benzene rings is 1. The second kappa shape index (κ2) is 6.80. The van der Waals surface area contributed by atoms with E-state index in [0.29, 0.717) is 0 Å². The maximum Gasteiger partial charge on any atom is 0.123 e. The van der Waals surface area contributed by atoms with Gasteiger partial charge in [-0.3, -0.25) is 0 Å². The molecule has 1 nitrogen and oxygen atoms in total. The van der Waals surface area contributed by atoms with Crippen LogP contribution in [0.3, 0.4) is 0 Å². The Balaban J connectivity index is 0.000000561. The minimum atomic E-state index is -0.153. The van der Waals surface area contributed by atoms with Gasteiger partial charge in [0.1, 0.15) is 5.82 Å². The van der Waals surface area contributed by atoms with Crippen molar-refractivity contribution in [3.8, 4) is 0 Å². The number of aryl methyl sites for hydroxylation is 1. The molecule has 0 unspecified atom stereocenters. The van der Waals surface area contributed by atoms with E-state index in [-0.39, 0.29) is 5.82 Å². The van der Waals surface area contributed by atoms with Crippen LogP contribution in [0.25, 0.3) is 0 Å². The van der Waals surface area contributed by atoms with E-state index >= 15 is 0 Å². The molecule has 1 aromatic rings. The van der Waals surface area contributed by atoms with Crippen LogP contribution in [0.5, 0.6) is 0 Å². The first-order chi connectivity index (χ1) is 5.83. The van der Waals surface area contributed by atoms with Gasteiger partial charge in [-0.05, 0) is 24.1 Å². The topological polar surface area (TPSA) is 20.2 Å². The van der Waals surface area contributed by atoms with Crippen LogP contribution < -0.4 is 0 Å². The number of aliphatic hydroxyl groups is 1. The highest BCUT2D eigenvalue weighted by atomic mass is 19.1. The Kier molecular flexibility index (Phi) is 6.29. The van der Waals surface area contributed by atoms with Crippen LogP contribution in [0.2, 0.25) is 0 Å². The monoisotopic (exact) mass is 170 g/mol. The molecule has 0 fully saturated rings. The van der Waals surface area contributed by atoms with Gasteiger partial charge in [0.25, 0.3) is 0 Å².